The van der Waals surface area contributed by atoms with Crippen molar-refractivity contribution in [3.05, 3.63) is 48.6 Å². The van der Waals surface area contributed by atoms with Crippen LogP contribution >= 0.6 is 0 Å². The van der Waals surface area contributed by atoms with Crippen LogP contribution in [0.2, 0.25) is 0 Å². The highest BCUT2D eigenvalue weighted by Crippen LogP contribution is 2.21. The van der Waals surface area contributed by atoms with E-state index in [4.69, 9.17) is 9.47 Å². The highest BCUT2D eigenvalue weighted by Gasteiger charge is 2.34. The van der Waals surface area contributed by atoms with Crippen LogP contribution in [-0.2, 0) is 19.2 Å². The molecule has 0 aliphatic carbocycles. The maximum Gasteiger partial charge on any atom is 0.509 e. The molecular formula is C21H29FO5. The van der Waals surface area contributed by atoms with Crippen LogP contribution in [0.15, 0.2) is 48.6 Å². The summed E-state index contributed by atoms with van der Waals surface area (Å²) < 4.78 is 21.7. The van der Waals surface area contributed by atoms with E-state index < -0.39 is 24.3 Å². The summed E-state index contributed by atoms with van der Waals surface area (Å²) in [7, 11) is 0. The highest BCUT2D eigenvalue weighted by atomic mass is 19.3. The van der Waals surface area contributed by atoms with Gasteiger partial charge in [0.15, 0.2) is 6.10 Å². The van der Waals surface area contributed by atoms with Crippen LogP contribution in [-0.4, -0.2) is 24.3 Å². The number of carbonyl (C=O) groups excluding carboxylic acids is 2. The number of cyclic esters (lactones) is 2. The maximum absolute atomic E-state index is 11.6. The molecule has 1 fully saturated rings. The average Bonchev–Trinajstić information content (AvgIpc) is 3.01. The van der Waals surface area contributed by atoms with Crippen molar-refractivity contribution in [1.82, 2.24) is 0 Å². The summed E-state index contributed by atoms with van der Waals surface area (Å²) in [5.41, 5.74) is 0. The molecule has 2 atom stereocenters. The molecule has 0 aromatic rings. The van der Waals surface area contributed by atoms with E-state index in [1.54, 1.807) is 12.2 Å². The molecule has 150 valence electrons. The van der Waals surface area contributed by atoms with Crippen LogP contribution < -0.4 is 0 Å². The first kappa shape index (κ1) is 22.7. The van der Waals surface area contributed by atoms with Crippen LogP contribution in [0.1, 0.15) is 58.3 Å². The second-order valence-electron chi connectivity index (χ2n) is 6.26. The second-order valence-corrected chi connectivity index (χ2v) is 6.26. The van der Waals surface area contributed by atoms with Crippen LogP contribution in [0.4, 0.5) is 9.32 Å². The van der Waals surface area contributed by atoms with Crippen LogP contribution in [0.3, 0.4) is 0 Å². The molecule has 0 aromatic heterocycles. The summed E-state index contributed by atoms with van der Waals surface area (Å²) in [6, 6.07) is 0. The molecule has 0 N–H and O–H groups in total. The van der Waals surface area contributed by atoms with Gasteiger partial charge in [-0.05, 0) is 31.8 Å². The first-order valence-electron chi connectivity index (χ1n) is 9.52. The van der Waals surface area contributed by atoms with Crippen LogP contribution in [0.25, 0.3) is 0 Å². The third-order valence-corrected chi connectivity index (χ3v) is 4.02. The Hall–Kier alpha value is -2.37. The fraction of sp³-hybridized carbons (Fsp3) is 0.524. The van der Waals surface area contributed by atoms with Gasteiger partial charge in [0, 0.05) is 10.9 Å². The van der Waals surface area contributed by atoms with E-state index in [2.05, 4.69) is 17.9 Å². The molecule has 0 aromatic carbocycles. The number of ether oxygens (including phenoxy) is 2. The van der Waals surface area contributed by atoms with E-state index in [-0.39, 0.29) is 6.42 Å². The first-order chi connectivity index (χ1) is 13.2. The zero-order valence-corrected chi connectivity index (χ0v) is 15.8. The minimum absolute atomic E-state index is 0.0716. The van der Waals surface area contributed by atoms with E-state index in [9.17, 15) is 14.1 Å². The molecule has 2 unspecified atom stereocenters. The van der Waals surface area contributed by atoms with Gasteiger partial charge in [0.05, 0.1) is 0 Å². The number of halogens is 1. The van der Waals surface area contributed by atoms with Gasteiger partial charge in [-0.15, -0.1) is 0 Å². The third kappa shape index (κ3) is 11.1. The average molecular weight is 380 g/mol. The molecule has 27 heavy (non-hydrogen) atoms. The van der Waals surface area contributed by atoms with Gasteiger partial charge >= 0.3 is 12.1 Å². The monoisotopic (exact) mass is 380 g/mol. The summed E-state index contributed by atoms with van der Waals surface area (Å²) in [4.78, 5) is 25.1. The molecule has 1 heterocycles. The molecule has 5 nitrogen and oxygen atoms in total. The minimum Gasteiger partial charge on any atom is -0.427 e. The predicted molar refractivity (Wildman–Crippen MR) is 102 cm³/mol. The normalized spacial score (nSPS) is 20.1. The largest absolute Gasteiger partial charge is 0.509 e. The van der Waals surface area contributed by atoms with Gasteiger partial charge < -0.3 is 9.47 Å². The summed E-state index contributed by atoms with van der Waals surface area (Å²) in [6.07, 6.45) is 20.4. The summed E-state index contributed by atoms with van der Waals surface area (Å²) in [5, 5.41) is 0. The molecule has 0 radical (unpaired) electrons. The lowest BCUT2D eigenvalue weighted by Gasteiger charge is -2.10. The van der Waals surface area contributed by atoms with E-state index >= 15 is 0 Å². The van der Waals surface area contributed by atoms with E-state index in [0.29, 0.717) is 12.8 Å². The summed E-state index contributed by atoms with van der Waals surface area (Å²) >= 11 is 0. The van der Waals surface area contributed by atoms with Gasteiger partial charge in [0.25, 0.3) is 0 Å². The number of rotatable bonds is 13. The Balaban J connectivity index is 2.27. The number of unbranched alkanes of at least 4 members (excludes halogenated alkanes) is 4. The van der Waals surface area contributed by atoms with Crippen molar-refractivity contribution in [2.75, 3.05) is 0 Å². The van der Waals surface area contributed by atoms with E-state index in [1.807, 2.05) is 30.4 Å². The molecule has 0 amide bonds. The lowest BCUT2D eigenvalue weighted by molar-refractivity contribution is -0.183. The van der Waals surface area contributed by atoms with Crippen molar-refractivity contribution in [3.8, 4) is 0 Å². The zero-order valence-electron chi connectivity index (χ0n) is 15.8. The lowest BCUT2D eigenvalue weighted by atomic mass is 10.1. The second kappa shape index (κ2) is 14.8. The molecule has 1 aliphatic rings. The number of allylic oxidation sites excluding steroid dienone is 7. The molecule has 0 saturated carbocycles. The van der Waals surface area contributed by atoms with Gasteiger partial charge in [0.1, 0.15) is 6.10 Å². The van der Waals surface area contributed by atoms with Crippen molar-refractivity contribution < 1.29 is 28.5 Å². The number of hydrogen-bond acceptors (Lipinski definition) is 5. The maximum atomic E-state index is 11.6. The topological polar surface area (TPSA) is 61.8 Å². The number of carbonyl (C=O) groups is 2. The molecule has 0 bridgehead atoms. The van der Waals surface area contributed by atoms with Crippen molar-refractivity contribution in [2.45, 2.75) is 70.5 Å². The quantitative estimate of drug-likeness (QED) is 0.234. The SMILES string of the molecule is CCCCCC/C=C/C=C\C=C\C=C\C1OC(=O)OC1CCCC(=O)OF. The Labute approximate surface area is 160 Å². The first-order valence-corrected chi connectivity index (χ1v) is 9.52. The Kier molecular flexibility index (Phi) is 12.4. The molecular weight excluding hydrogens is 351 g/mol. The van der Waals surface area contributed by atoms with Crippen molar-refractivity contribution in [1.29, 1.82) is 0 Å². The summed E-state index contributed by atoms with van der Waals surface area (Å²) in [5.74, 6) is -0.933. The fourth-order valence-electron chi connectivity index (χ4n) is 2.57. The minimum atomic E-state index is -0.933. The van der Waals surface area contributed by atoms with Crippen LogP contribution in [0.5, 0.6) is 0 Å². The van der Waals surface area contributed by atoms with Crippen LogP contribution in [0, 0.1) is 0 Å². The van der Waals surface area contributed by atoms with Crippen molar-refractivity contribution in [2.24, 2.45) is 0 Å². The van der Waals surface area contributed by atoms with Crippen molar-refractivity contribution >= 4 is 12.1 Å². The molecule has 6 heteroatoms. The molecule has 1 rings (SSSR count). The Morgan fingerprint density at radius 3 is 2.52 bits per heavy atom. The number of hydrogen-bond donors (Lipinski definition) is 0. The summed E-state index contributed by atoms with van der Waals surface area (Å²) in [6.45, 7) is 2.20. The Morgan fingerprint density at radius 2 is 1.78 bits per heavy atom. The smallest absolute Gasteiger partial charge is 0.427 e. The lowest BCUT2D eigenvalue weighted by Crippen LogP contribution is -2.20. The third-order valence-electron chi connectivity index (χ3n) is 4.02. The Morgan fingerprint density at radius 1 is 1.04 bits per heavy atom. The Bertz CT molecular complexity index is 551. The van der Waals surface area contributed by atoms with Gasteiger partial charge in [-0.2, -0.15) is 0 Å². The predicted octanol–water partition coefficient (Wildman–Crippen LogP) is 5.68. The molecule has 1 saturated heterocycles. The van der Waals surface area contributed by atoms with Gasteiger partial charge in [-0.3, -0.25) is 4.94 Å². The van der Waals surface area contributed by atoms with E-state index in [0.717, 1.165) is 6.42 Å². The standard InChI is InChI=1S/C21H29FO5/c1-2-3-4-5-6-7-8-9-10-11-12-13-15-18-19(26-21(24)25-18)16-14-17-20(23)27-22/h7-13,15,18-19H,2-6,14,16-17H2,1H3/b8-7+,10-9-,12-11+,15-13+. The van der Waals surface area contributed by atoms with Gasteiger partial charge in [0.2, 0.25) is 0 Å². The highest BCUT2D eigenvalue weighted by molar-refractivity contribution is 5.68. The zero-order chi connectivity index (χ0) is 19.7. The van der Waals surface area contributed by atoms with Gasteiger partial charge in [-0.25, -0.2) is 9.59 Å². The van der Waals surface area contributed by atoms with Crippen molar-refractivity contribution in [3.63, 3.8) is 0 Å². The fourth-order valence-corrected chi connectivity index (χ4v) is 2.57. The van der Waals surface area contributed by atoms with E-state index in [1.165, 1.54) is 25.7 Å². The molecule has 0 spiro atoms. The molecule has 1 aliphatic heterocycles. The van der Waals surface area contributed by atoms with Gasteiger partial charge in [-0.1, -0.05) is 68.7 Å².